The molecule has 6 nitrogen and oxygen atoms in total. The third-order valence-electron chi connectivity index (χ3n) is 7.40. The van der Waals surface area contributed by atoms with Gasteiger partial charge in [0.1, 0.15) is 5.58 Å². The van der Waals surface area contributed by atoms with Gasteiger partial charge in [0.15, 0.2) is 5.76 Å². The highest BCUT2D eigenvalue weighted by molar-refractivity contribution is 6.01. The molecule has 7 rings (SSSR count). The lowest BCUT2D eigenvalue weighted by Gasteiger charge is -2.09. The van der Waals surface area contributed by atoms with E-state index in [2.05, 4.69) is 54.8 Å². The highest BCUT2D eigenvalue weighted by atomic mass is 16.3. The van der Waals surface area contributed by atoms with Gasteiger partial charge in [0.05, 0.1) is 17.1 Å². The number of rotatable bonds is 5. The molecule has 0 spiro atoms. The van der Waals surface area contributed by atoms with Gasteiger partial charge in [0, 0.05) is 34.1 Å². The summed E-state index contributed by atoms with van der Waals surface area (Å²) < 4.78 is 9.78. The predicted molar refractivity (Wildman–Crippen MR) is 161 cm³/mol. The summed E-state index contributed by atoms with van der Waals surface area (Å²) >= 11 is 0. The van der Waals surface area contributed by atoms with Crippen LogP contribution < -0.4 is 5.56 Å². The van der Waals surface area contributed by atoms with Crippen molar-refractivity contribution in [2.75, 3.05) is 0 Å². The Labute approximate surface area is 230 Å². The molecule has 0 saturated carbocycles. The number of hydrogen-bond acceptors (Lipinski definition) is 4. The predicted octanol–water partition coefficient (Wildman–Crippen LogP) is 7.31. The lowest BCUT2D eigenvalue weighted by Crippen LogP contribution is -2.20. The Bertz CT molecular complexity index is 2110. The molecule has 7 aromatic rings. The van der Waals surface area contributed by atoms with E-state index in [0.29, 0.717) is 22.5 Å². The van der Waals surface area contributed by atoms with Crippen molar-refractivity contribution in [2.45, 2.75) is 20.4 Å². The van der Waals surface area contributed by atoms with Gasteiger partial charge in [-0.15, -0.1) is 0 Å². The Hall–Kier alpha value is -5.23. The minimum absolute atomic E-state index is 0.251. The van der Waals surface area contributed by atoms with Crippen LogP contribution in [0.5, 0.6) is 0 Å². The molecule has 0 aliphatic carbocycles. The summed E-state index contributed by atoms with van der Waals surface area (Å²) in [7, 11) is 0. The van der Waals surface area contributed by atoms with Crippen molar-refractivity contribution in [2.24, 2.45) is 5.10 Å². The molecule has 6 heteroatoms. The van der Waals surface area contributed by atoms with E-state index < -0.39 is 0 Å². The molecule has 0 radical (unpaired) electrons. The largest absolute Gasteiger partial charge is 0.453 e. The van der Waals surface area contributed by atoms with Crippen molar-refractivity contribution >= 4 is 39.0 Å². The molecular formula is C34H26N4O2. The molecule has 0 bridgehead atoms. The second-order valence-corrected chi connectivity index (χ2v) is 10.1. The first-order chi connectivity index (χ1) is 19.6. The first-order valence-corrected chi connectivity index (χ1v) is 13.3. The van der Waals surface area contributed by atoms with E-state index in [-0.39, 0.29) is 5.56 Å². The zero-order valence-electron chi connectivity index (χ0n) is 22.2. The lowest BCUT2D eigenvalue weighted by molar-refractivity contribution is 0.616. The van der Waals surface area contributed by atoms with Crippen LogP contribution in [-0.4, -0.2) is 20.4 Å². The Kier molecular flexibility index (Phi) is 5.67. The number of hydrogen-bond donors (Lipinski definition) is 0. The van der Waals surface area contributed by atoms with E-state index in [1.54, 1.807) is 12.3 Å². The fourth-order valence-electron chi connectivity index (χ4n) is 5.42. The van der Waals surface area contributed by atoms with E-state index >= 15 is 0 Å². The Morgan fingerprint density at radius 3 is 2.48 bits per heavy atom. The van der Waals surface area contributed by atoms with Crippen LogP contribution in [-0.2, 0) is 6.54 Å². The van der Waals surface area contributed by atoms with Crippen molar-refractivity contribution in [3.63, 3.8) is 0 Å². The number of benzene rings is 4. The highest BCUT2D eigenvalue weighted by Crippen LogP contribution is 2.28. The second-order valence-electron chi connectivity index (χ2n) is 10.1. The molecule has 0 aliphatic rings. The molecule has 0 fully saturated rings. The van der Waals surface area contributed by atoms with Crippen LogP contribution in [0.2, 0.25) is 0 Å². The van der Waals surface area contributed by atoms with Gasteiger partial charge < -0.3 is 8.98 Å². The molecule has 0 amide bonds. The second kappa shape index (κ2) is 9.50. The smallest absolute Gasteiger partial charge is 0.282 e. The molecule has 3 heterocycles. The van der Waals surface area contributed by atoms with E-state index in [1.165, 1.54) is 15.8 Å². The quantitative estimate of drug-likeness (QED) is 0.223. The third kappa shape index (κ3) is 4.01. The van der Waals surface area contributed by atoms with E-state index in [0.717, 1.165) is 39.7 Å². The van der Waals surface area contributed by atoms with Gasteiger partial charge in [-0.1, -0.05) is 78.4 Å². The average molecular weight is 523 g/mol. The van der Waals surface area contributed by atoms with Gasteiger partial charge in [-0.3, -0.25) is 4.79 Å². The van der Waals surface area contributed by atoms with Gasteiger partial charge in [0.2, 0.25) is 5.82 Å². The zero-order chi connectivity index (χ0) is 27.2. The molecule has 0 unspecified atom stereocenters. The van der Waals surface area contributed by atoms with Crippen molar-refractivity contribution in [3.05, 3.63) is 136 Å². The van der Waals surface area contributed by atoms with Crippen LogP contribution in [0, 0.1) is 13.8 Å². The minimum Gasteiger partial charge on any atom is -0.453 e. The van der Waals surface area contributed by atoms with Crippen molar-refractivity contribution in [3.8, 4) is 11.6 Å². The zero-order valence-corrected chi connectivity index (χ0v) is 22.2. The monoisotopic (exact) mass is 522 g/mol. The molecule has 0 saturated heterocycles. The molecule has 0 atom stereocenters. The fraction of sp³-hybridized carbons (Fsp3) is 0.0882. The average Bonchev–Trinajstić information content (AvgIpc) is 3.52. The summed E-state index contributed by atoms with van der Waals surface area (Å²) in [5.41, 5.74) is 6.68. The molecular weight excluding hydrogens is 496 g/mol. The van der Waals surface area contributed by atoms with E-state index in [9.17, 15) is 4.79 Å². The van der Waals surface area contributed by atoms with Crippen LogP contribution in [0.4, 0.5) is 0 Å². The molecule has 40 heavy (non-hydrogen) atoms. The van der Waals surface area contributed by atoms with Crippen LogP contribution in [0.3, 0.4) is 0 Å². The highest BCUT2D eigenvalue weighted by Gasteiger charge is 2.18. The van der Waals surface area contributed by atoms with Gasteiger partial charge in [-0.25, -0.2) is 4.98 Å². The van der Waals surface area contributed by atoms with Crippen LogP contribution in [0.15, 0.2) is 117 Å². The van der Waals surface area contributed by atoms with Gasteiger partial charge in [-0.05, 0) is 49.7 Å². The number of fused-ring (bicyclic) bond motifs is 3. The standard InChI is InChI=1S/C34H26N4O2/c1-22-10-9-11-24(18-22)21-37-23(2)28(26-13-5-7-16-30(26)37)20-35-38-33(32-19-25-12-3-8-17-31(25)40-32)36-29-15-6-4-14-27(29)34(38)39/h3-20H,21H2,1-2H3. The summed E-state index contributed by atoms with van der Waals surface area (Å²) in [6.07, 6.45) is 1.77. The van der Waals surface area contributed by atoms with Crippen LogP contribution in [0.25, 0.3) is 44.4 Å². The Morgan fingerprint density at radius 1 is 0.850 bits per heavy atom. The number of aryl methyl sites for hydroxylation is 1. The van der Waals surface area contributed by atoms with E-state index in [4.69, 9.17) is 14.5 Å². The van der Waals surface area contributed by atoms with Crippen LogP contribution >= 0.6 is 0 Å². The molecule has 0 aliphatic heterocycles. The molecule has 4 aromatic carbocycles. The maximum atomic E-state index is 13.7. The summed E-state index contributed by atoms with van der Waals surface area (Å²) in [5.74, 6) is 0.845. The van der Waals surface area contributed by atoms with Gasteiger partial charge >= 0.3 is 0 Å². The number of furan rings is 1. The number of nitrogens with zero attached hydrogens (tertiary/aromatic N) is 4. The normalized spacial score (nSPS) is 11.8. The van der Waals surface area contributed by atoms with Crippen molar-refractivity contribution in [1.82, 2.24) is 14.2 Å². The Balaban J connectivity index is 1.41. The summed E-state index contributed by atoms with van der Waals surface area (Å²) in [5, 5.41) is 7.27. The number of para-hydroxylation sites is 3. The topological polar surface area (TPSA) is 65.3 Å². The maximum Gasteiger partial charge on any atom is 0.282 e. The lowest BCUT2D eigenvalue weighted by atomic mass is 10.1. The summed E-state index contributed by atoms with van der Waals surface area (Å²) in [6, 6.07) is 33.8. The third-order valence-corrected chi connectivity index (χ3v) is 7.40. The Morgan fingerprint density at radius 2 is 1.62 bits per heavy atom. The van der Waals surface area contributed by atoms with Gasteiger partial charge in [0.25, 0.3) is 5.56 Å². The van der Waals surface area contributed by atoms with Gasteiger partial charge in [-0.2, -0.15) is 9.78 Å². The van der Waals surface area contributed by atoms with Crippen molar-refractivity contribution in [1.29, 1.82) is 0 Å². The molecule has 0 N–H and O–H groups in total. The SMILES string of the molecule is Cc1cccc(Cn2c(C)c(C=Nn3c(-c4cc5ccccc5o4)nc4ccccc4c3=O)c3ccccc32)c1. The fourth-order valence-corrected chi connectivity index (χ4v) is 5.42. The minimum atomic E-state index is -0.251. The first-order valence-electron chi connectivity index (χ1n) is 13.3. The molecule has 194 valence electrons. The summed E-state index contributed by atoms with van der Waals surface area (Å²) in [6.45, 7) is 4.94. The first kappa shape index (κ1) is 23.9. The van der Waals surface area contributed by atoms with Crippen LogP contribution in [0.1, 0.15) is 22.4 Å². The maximum absolute atomic E-state index is 13.7. The molecule has 3 aromatic heterocycles. The van der Waals surface area contributed by atoms with Crippen molar-refractivity contribution < 1.29 is 4.42 Å². The van der Waals surface area contributed by atoms with E-state index in [1.807, 2.05) is 60.7 Å². The summed E-state index contributed by atoms with van der Waals surface area (Å²) in [4.78, 5) is 18.6. The number of aromatic nitrogens is 3.